The molecule has 0 aliphatic carbocycles. The van der Waals surface area contributed by atoms with E-state index in [1.54, 1.807) is 34.9 Å². The van der Waals surface area contributed by atoms with Crippen molar-refractivity contribution in [3.8, 4) is 11.3 Å². The van der Waals surface area contributed by atoms with Crippen LogP contribution >= 0.6 is 23.2 Å². The molecule has 0 bridgehead atoms. The highest BCUT2D eigenvalue weighted by Gasteiger charge is 2.12. The first-order valence-corrected chi connectivity index (χ1v) is 7.15. The summed E-state index contributed by atoms with van der Waals surface area (Å²) >= 11 is 11.9. The van der Waals surface area contributed by atoms with Gasteiger partial charge in [-0.3, -0.25) is 4.40 Å². The van der Waals surface area contributed by atoms with Gasteiger partial charge in [0.1, 0.15) is 5.65 Å². The maximum atomic E-state index is 10.8. The van der Waals surface area contributed by atoms with Gasteiger partial charge in [0.2, 0.25) is 0 Å². The van der Waals surface area contributed by atoms with Crippen LogP contribution in [0.25, 0.3) is 23.0 Å². The number of carbonyl (C=O) groups is 1. The van der Waals surface area contributed by atoms with Crippen molar-refractivity contribution in [2.24, 2.45) is 0 Å². The van der Waals surface area contributed by atoms with E-state index in [2.05, 4.69) is 4.98 Å². The number of rotatable bonds is 3. The van der Waals surface area contributed by atoms with E-state index < -0.39 is 5.97 Å². The number of pyridine rings is 1. The van der Waals surface area contributed by atoms with E-state index >= 15 is 0 Å². The lowest BCUT2D eigenvalue weighted by Gasteiger charge is -2.01. The molecule has 4 nitrogen and oxygen atoms in total. The third kappa shape index (κ3) is 2.84. The Hall–Kier alpha value is -2.30. The van der Waals surface area contributed by atoms with Crippen LogP contribution < -0.4 is 0 Å². The Morgan fingerprint density at radius 1 is 1.09 bits per heavy atom. The maximum Gasteiger partial charge on any atom is 0.328 e. The summed E-state index contributed by atoms with van der Waals surface area (Å²) in [5.74, 6) is -1.03. The first-order chi connectivity index (χ1) is 10.5. The summed E-state index contributed by atoms with van der Waals surface area (Å²) in [5.41, 5.74) is 2.83. The number of carboxylic acids is 1. The molecule has 0 spiro atoms. The van der Waals surface area contributed by atoms with Gasteiger partial charge in [-0.15, -0.1) is 0 Å². The molecule has 0 amide bonds. The summed E-state index contributed by atoms with van der Waals surface area (Å²) in [7, 11) is 0. The van der Waals surface area contributed by atoms with Crippen molar-refractivity contribution in [2.45, 2.75) is 0 Å². The average molecular weight is 333 g/mol. The van der Waals surface area contributed by atoms with Crippen LogP contribution in [0.4, 0.5) is 0 Å². The van der Waals surface area contributed by atoms with Crippen LogP contribution in [0.5, 0.6) is 0 Å². The van der Waals surface area contributed by atoms with Crippen molar-refractivity contribution >= 4 is 40.9 Å². The summed E-state index contributed by atoms with van der Waals surface area (Å²) in [6.45, 7) is 0. The molecular weight excluding hydrogens is 323 g/mol. The Balaban J connectivity index is 2.26. The monoisotopic (exact) mass is 332 g/mol. The van der Waals surface area contributed by atoms with Crippen molar-refractivity contribution < 1.29 is 9.90 Å². The second kappa shape index (κ2) is 5.83. The minimum atomic E-state index is -1.03. The molecule has 6 heteroatoms. The lowest BCUT2D eigenvalue weighted by molar-refractivity contribution is -0.131. The molecule has 3 rings (SSSR count). The highest BCUT2D eigenvalue weighted by molar-refractivity contribution is 6.30. The number of aromatic nitrogens is 2. The van der Waals surface area contributed by atoms with Crippen LogP contribution in [0, 0.1) is 0 Å². The smallest absolute Gasteiger partial charge is 0.328 e. The molecule has 2 heterocycles. The average Bonchev–Trinajstić information content (AvgIpc) is 2.83. The Morgan fingerprint density at radius 3 is 2.45 bits per heavy atom. The van der Waals surface area contributed by atoms with Crippen LogP contribution in [0.2, 0.25) is 10.0 Å². The van der Waals surface area contributed by atoms with Gasteiger partial charge >= 0.3 is 5.97 Å². The number of benzene rings is 1. The van der Waals surface area contributed by atoms with E-state index in [1.807, 2.05) is 12.1 Å². The summed E-state index contributed by atoms with van der Waals surface area (Å²) in [6.07, 6.45) is 4.28. The second-order valence-corrected chi connectivity index (χ2v) is 5.47. The van der Waals surface area contributed by atoms with Gasteiger partial charge in [0, 0.05) is 22.9 Å². The fraction of sp³-hybridized carbons (Fsp3) is 0. The molecule has 0 aliphatic rings. The molecular formula is C16H10Cl2N2O2. The van der Waals surface area contributed by atoms with Crippen LogP contribution in [0.1, 0.15) is 5.69 Å². The van der Waals surface area contributed by atoms with Crippen LogP contribution in [-0.2, 0) is 4.79 Å². The summed E-state index contributed by atoms with van der Waals surface area (Å²) < 4.78 is 1.76. The molecule has 0 atom stereocenters. The molecule has 0 saturated heterocycles. The summed E-state index contributed by atoms with van der Waals surface area (Å²) in [6, 6.07) is 10.7. The quantitative estimate of drug-likeness (QED) is 0.723. The lowest BCUT2D eigenvalue weighted by atomic mass is 10.1. The van der Waals surface area contributed by atoms with Crippen molar-refractivity contribution in [1.29, 1.82) is 0 Å². The number of carboxylic acid groups (broad SMARTS) is 1. The first-order valence-electron chi connectivity index (χ1n) is 6.39. The molecule has 22 heavy (non-hydrogen) atoms. The van der Waals surface area contributed by atoms with Gasteiger partial charge in [0.15, 0.2) is 0 Å². The van der Waals surface area contributed by atoms with E-state index in [-0.39, 0.29) is 0 Å². The number of aliphatic carboxylic acids is 1. The highest BCUT2D eigenvalue weighted by atomic mass is 35.5. The molecule has 1 aromatic carbocycles. The third-order valence-corrected chi connectivity index (χ3v) is 3.60. The number of hydrogen-bond donors (Lipinski definition) is 1. The zero-order valence-corrected chi connectivity index (χ0v) is 12.7. The van der Waals surface area contributed by atoms with Gasteiger partial charge in [-0.05, 0) is 30.3 Å². The van der Waals surface area contributed by atoms with E-state index in [0.29, 0.717) is 27.1 Å². The summed E-state index contributed by atoms with van der Waals surface area (Å²) in [4.78, 5) is 15.4. The van der Waals surface area contributed by atoms with E-state index in [0.717, 1.165) is 11.6 Å². The van der Waals surface area contributed by atoms with Gasteiger partial charge in [-0.25, -0.2) is 9.78 Å². The zero-order chi connectivity index (χ0) is 15.7. The van der Waals surface area contributed by atoms with E-state index in [9.17, 15) is 4.79 Å². The zero-order valence-electron chi connectivity index (χ0n) is 11.2. The Labute approximate surface area is 136 Å². The SMILES string of the molecule is O=C(O)C=Cc1c(-c2ccc(Cl)cc2)nc2ccc(Cl)cn12. The van der Waals surface area contributed by atoms with Gasteiger partial charge in [0.05, 0.1) is 16.4 Å². The number of fused-ring (bicyclic) bond motifs is 1. The van der Waals surface area contributed by atoms with Gasteiger partial charge in [-0.1, -0.05) is 35.3 Å². The molecule has 110 valence electrons. The Bertz CT molecular complexity index is 883. The van der Waals surface area contributed by atoms with Crippen molar-refractivity contribution in [2.75, 3.05) is 0 Å². The second-order valence-electron chi connectivity index (χ2n) is 4.60. The number of nitrogens with zero attached hydrogens (tertiary/aromatic N) is 2. The van der Waals surface area contributed by atoms with E-state index in [4.69, 9.17) is 28.3 Å². The van der Waals surface area contributed by atoms with E-state index in [1.165, 1.54) is 6.08 Å². The van der Waals surface area contributed by atoms with Crippen molar-refractivity contribution in [3.63, 3.8) is 0 Å². The Kier molecular flexibility index (Phi) is 3.88. The van der Waals surface area contributed by atoms with Crippen LogP contribution in [-0.4, -0.2) is 20.5 Å². The van der Waals surface area contributed by atoms with Gasteiger partial charge in [0.25, 0.3) is 0 Å². The first kappa shape index (κ1) is 14.6. The largest absolute Gasteiger partial charge is 0.478 e. The maximum absolute atomic E-state index is 10.8. The molecule has 1 N–H and O–H groups in total. The number of halogens is 2. The Morgan fingerprint density at radius 2 is 1.77 bits per heavy atom. The van der Waals surface area contributed by atoms with Crippen LogP contribution in [0.3, 0.4) is 0 Å². The molecule has 0 fully saturated rings. The van der Waals surface area contributed by atoms with Crippen molar-refractivity contribution in [3.05, 3.63) is 64.4 Å². The molecule has 0 unspecified atom stereocenters. The molecule has 0 radical (unpaired) electrons. The topological polar surface area (TPSA) is 54.6 Å². The normalized spacial score (nSPS) is 11.4. The molecule has 3 aromatic rings. The fourth-order valence-electron chi connectivity index (χ4n) is 2.17. The van der Waals surface area contributed by atoms with Crippen molar-refractivity contribution in [1.82, 2.24) is 9.38 Å². The number of imidazole rings is 1. The van der Waals surface area contributed by atoms with Crippen LogP contribution in [0.15, 0.2) is 48.7 Å². The number of hydrogen-bond acceptors (Lipinski definition) is 2. The fourth-order valence-corrected chi connectivity index (χ4v) is 2.45. The standard InChI is InChI=1S/C16H10Cl2N2O2/c17-11-3-1-10(2-4-11)16-13(6-8-15(21)22)20-9-12(18)5-7-14(20)19-16/h1-9H,(H,21,22). The molecule has 2 aromatic heterocycles. The highest BCUT2D eigenvalue weighted by Crippen LogP contribution is 2.27. The van der Waals surface area contributed by atoms with Gasteiger partial charge < -0.3 is 5.11 Å². The molecule has 0 aliphatic heterocycles. The lowest BCUT2D eigenvalue weighted by Crippen LogP contribution is -1.91. The predicted octanol–water partition coefficient (Wildman–Crippen LogP) is 4.41. The molecule has 0 saturated carbocycles. The third-order valence-electron chi connectivity index (χ3n) is 3.12. The predicted molar refractivity (Wildman–Crippen MR) is 87.3 cm³/mol. The summed E-state index contributed by atoms with van der Waals surface area (Å²) in [5, 5.41) is 10.0. The van der Waals surface area contributed by atoms with Gasteiger partial charge in [-0.2, -0.15) is 0 Å². The minimum Gasteiger partial charge on any atom is -0.478 e. The minimum absolute atomic E-state index is 0.539.